The van der Waals surface area contributed by atoms with Crippen LogP contribution in [0, 0.1) is 6.92 Å². The Labute approximate surface area is 192 Å². The summed E-state index contributed by atoms with van der Waals surface area (Å²) >= 11 is 0. The molecule has 170 valence electrons. The third-order valence-corrected chi connectivity index (χ3v) is 6.23. The van der Waals surface area contributed by atoms with Crippen LogP contribution < -0.4 is 9.80 Å². The van der Waals surface area contributed by atoms with Crippen molar-refractivity contribution in [2.45, 2.75) is 32.9 Å². The largest absolute Gasteiger partial charge is 0.507 e. The predicted octanol–water partition coefficient (Wildman–Crippen LogP) is 3.48. The van der Waals surface area contributed by atoms with Crippen LogP contribution in [0.2, 0.25) is 0 Å². The Morgan fingerprint density at radius 3 is 2.64 bits per heavy atom. The molecule has 1 saturated heterocycles. The van der Waals surface area contributed by atoms with Gasteiger partial charge in [0.15, 0.2) is 5.89 Å². The molecule has 3 aromatic rings. The normalized spacial score (nSPS) is 16.2. The zero-order chi connectivity index (χ0) is 22.9. The Balaban J connectivity index is 1.44. The van der Waals surface area contributed by atoms with Crippen molar-refractivity contribution in [2.75, 3.05) is 29.4 Å². The standard InChI is InChI=1S/C25H26N4O4/c1-17-26-13-20(33-17)15-28-14-18-6-2-3-7-22(18)29(16-24(28)31)25(32)21-9-8-19(12-23(21)30)27-10-4-5-11-27/h2-3,6-9,12-13,30H,4-5,10-11,14-16H2,1H3. The van der Waals surface area contributed by atoms with Gasteiger partial charge < -0.3 is 19.3 Å². The molecule has 0 radical (unpaired) electrons. The number of benzene rings is 2. The Morgan fingerprint density at radius 2 is 1.91 bits per heavy atom. The first-order valence-corrected chi connectivity index (χ1v) is 11.2. The minimum absolute atomic E-state index is 0.0763. The second kappa shape index (κ2) is 8.61. The molecular formula is C25H26N4O4. The highest BCUT2D eigenvalue weighted by Crippen LogP contribution is 2.32. The van der Waals surface area contributed by atoms with Crippen molar-refractivity contribution in [3.63, 3.8) is 0 Å². The van der Waals surface area contributed by atoms with E-state index in [0.29, 0.717) is 23.9 Å². The molecule has 0 atom stereocenters. The average molecular weight is 447 g/mol. The minimum atomic E-state index is -0.404. The number of rotatable bonds is 4. The Hall–Kier alpha value is -3.81. The van der Waals surface area contributed by atoms with Gasteiger partial charge in [-0.3, -0.25) is 14.5 Å². The fourth-order valence-corrected chi connectivity index (χ4v) is 4.53. The van der Waals surface area contributed by atoms with Crippen molar-refractivity contribution in [2.24, 2.45) is 0 Å². The molecule has 3 heterocycles. The van der Waals surface area contributed by atoms with Crippen molar-refractivity contribution in [3.05, 3.63) is 71.4 Å². The highest BCUT2D eigenvalue weighted by atomic mass is 16.4. The molecule has 2 aliphatic rings. The summed E-state index contributed by atoms with van der Waals surface area (Å²) < 4.78 is 5.55. The lowest BCUT2D eigenvalue weighted by Gasteiger charge is -2.23. The molecular weight excluding hydrogens is 420 g/mol. The van der Waals surface area contributed by atoms with Gasteiger partial charge in [0.05, 0.1) is 18.3 Å². The summed E-state index contributed by atoms with van der Waals surface area (Å²) in [5, 5.41) is 10.7. The van der Waals surface area contributed by atoms with E-state index in [9.17, 15) is 14.7 Å². The zero-order valence-corrected chi connectivity index (χ0v) is 18.5. The lowest BCUT2D eigenvalue weighted by molar-refractivity contribution is -0.130. The number of hydrogen-bond donors (Lipinski definition) is 1. The van der Waals surface area contributed by atoms with Crippen LogP contribution in [-0.4, -0.2) is 46.4 Å². The number of hydrogen-bond acceptors (Lipinski definition) is 6. The van der Waals surface area contributed by atoms with Crippen molar-refractivity contribution in [1.29, 1.82) is 0 Å². The first-order valence-electron chi connectivity index (χ1n) is 11.2. The molecule has 1 aromatic heterocycles. The lowest BCUT2D eigenvalue weighted by atomic mass is 10.1. The smallest absolute Gasteiger partial charge is 0.262 e. The molecule has 2 aromatic carbocycles. The van der Waals surface area contributed by atoms with Gasteiger partial charge in [-0.1, -0.05) is 18.2 Å². The van der Waals surface area contributed by atoms with E-state index in [1.165, 1.54) is 4.90 Å². The van der Waals surface area contributed by atoms with Crippen LogP contribution in [-0.2, 0) is 17.9 Å². The SMILES string of the molecule is Cc1ncc(CN2Cc3ccccc3N(C(=O)c3ccc(N4CCCC4)cc3O)CC2=O)o1. The molecule has 0 bridgehead atoms. The number of anilines is 2. The fourth-order valence-electron chi connectivity index (χ4n) is 4.53. The molecule has 0 aliphatic carbocycles. The summed E-state index contributed by atoms with van der Waals surface area (Å²) in [5.41, 5.74) is 2.60. The maximum Gasteiger partial charge on any atom is 0.262 e. The van der Waals surface area contributed by atoms with E-state index in [1.54, 1.807) is 30.2 Å². The highest BCUT2D eigenvalue weighted by molar-refractivity contribution is 6.11. The predicted molar refractivity (Wildman–Crippen MR) is 123 cm³/mol. The molecule has 2 aliphatic heterocycles. The van der Waals surface area contributed by atoms with Crippen LogP contribution >= 0.6 is 0 Å². The number of phenols is 1. The second-order valence-electron chi connectivity index (χ2n) is 8.51. The van der Waals surface area contributed by atoms with Gasteiger partial charge in [0.25, 0.3) is 5.91 Å². The number of fused-ring (bicyclic) bond motifs is 1. The first-order chi connectivity index (χ1) is 16.0. The summed E-state index contributed by atoms with van der Waals surface area (Å²) in [4.78, 5) is 36.1. The maximum absolute atomic E-state index is 13.5. The van der Waals surface area contributed by atoms with Gasteiger partial charge >= 0.3 is 0 Å². The number of para-hydroxylation sites is 1. The molecule has 5 rings (SSSR count). The number of aromatic hydroxyl groups is 1. The number of carbonyl (C=O) groups excluding carboxylic acids is 2. The second-order valence-corrected chi connectivity index (χ2v) is 8.51. The number of aromatic nitrogens is 1. The topological polar surface area (TPSA) is 90.1 Å². The molecule has 8 nitrogen and oxygen atoms in total. The number of aryl methyl sites for hydroxylation is 1. The average Bonchev–Trinajstić information content (AvgIpc) is 3.46. The van der Waals surface area contributed by atoms with Crippen molar-refractivity contribution >= 4 is 23.2 Å². The van der Waals surface area contributed by atoms with Gasteiger partial charge in [-0.15, -0.1) is 0 Å². The number of amides is 2. The molecule has 2 amide bonds. The van der Waals surface area contributed by atoms with Crippen LogP contribution in [0.3, 0.4) is 0 Å². The van der Waals surface area contributed by atoms with Crippen LogP contribution in [0.5, 0.6) is 5.75 Å². The summed E-state index contributed by atoms with van der Waals surface area (Å²) in [6.45, 7) is 4.13. The fraction of sp³-hybridized carbons (Fsp3) is 0.320. The van der Waals surface area contributed by atoms with Gasteiger partial charge in [0, 0.05) is 44.0 Å². The molecule has 0 spiro atoms. The van der Waals surface area contributed by atoms with E-state index in [2.05, 4.69) is 9.88 Å². The van der Waals surface area contributed by atoms with E-state index >= 15 is 0 Å². The molecule has 8 heteroatoms. The third kappa shape index (κ3) is 4.16. The van der Waals surface area contributed by atoms with E-state index in [1.807, 2.05) is 30.3 Å². The number of oxazole rings is 1. The van der Waals surface area contributed by atoms with E-state index in [-0.39, 0.29) is 30.3 Å². The van der Waals surface area contributed by atoms with E-state index < -0.39 is 5.91 Å². The Morgan fingerprint density at radius 1 is 1.12 bits per heavy atom. The van der Waals surface area contributed by atoms with Gasteiger partial charge in [0.2, 0.25) is 5.91 Å². The number of nitrogens with zero attached hydrogens (tertiary/aromatic N) is 4. The van der Waals surface area contributed by atoms with Crippen LogP contribution in [0.25, 0.3) is 0 Å². The first kappa shape index (κ1) is 21.1. The summed E-state index contributed by atoms with van der Waals surface area (Å²) in [6.07, 6.45) is 3.86. The number of phenolic OH excluding ortho intramolecular Hbond substituents is 1. The quantitative estimate of drug-likeness (QED) is 0.660. The summed E-state index contributed by atoms with van der Waals surface area (Å²) in [5.74, 6) is 0.443. The third-order valence-electron chi connectivity index (χ3n) is 6.23. The molecule has 33 heavy (non-hydrogen) atoms. The Bertz CT molecular complexity index is 1200. The van der Waals surface area contributed by atoms with Crippen LogP contribution in [0.15, 0.2) is 53.1 Å². The Kier molecular flexibility index (Phi) is 5.50. The summed E-state index contributed by atoms with van der Waals surface area (Å²) in [7, 11) is 0. The zero-order valence-electron chi connectivity index (χ0n) is 18.5. The van der Waals surface area contributed by atoms with E-state index in [4.69, 9.17) is 4.42 Å². The monoisotopic (exact) mass is 446 g/mol. The van der Waals surface area contributed by atoms with Gasteiger partial charge in [-0.25, -0.2) is 4.98 Å². The molecule has 0 unspecified atom stereocenters. The van der Waals surface area contributed by atoms with Crippen molar-refractivity contribution in [3.8, 4) is 5.75 Å². The van der Waals surface area contributed by atoms with E-state index in [0.717, 1.165) is 37.2 Å². The van der Waals surface area contributed by atoms with Gasteiger partial charge in [0.1, 0.15) is 18.1 Å². The molecule has 0 saturated carbocycles. The lowest BCUT2D eigenvalue weighted by Crippen LogP contribution is -2.40. The van der Waals surface area contributed by atoms with Crippen molar-refractivity contribution < 1.29 is 19.1 Å². The van der Waals surface area contributed by atoms with Gasteiger partial charge in [-0.05, 0) is 36.6 Å². The maximum atomic E-state index is 13.5. The highest BCUT2D eigenvalue weighted by Gasteiger charge is 2.31. The van der Waals surface area contributed by atoms with Crippen molar-refractivity contribution in [1.82, 2.24) is 9.88 Å². The summed E-state index contributed by atoms with van der Waals surface area (Å²) in [6, 6.07) is 12.6. The molecule has 1 fully saturated rings. The van der Waals surface area contributed by atoms with Crippen LogP contribution in [0.4, 0.5) is 11.4 Å². The van der Waals surface area contributed by atoms with Crippen LogP contribution in [0.1, 0.15) is 40.4 Å². The number of carbonyl (C=O) groups is 2. The minimum Gasteiger partial charge on any atom is -0.507 e. The molecule has 1 N–H and O–H groups in total. The van der Waals surface area contributed by atoms with Gasteiger partial charge in [-0.2, -0.15) is 0 Å².